The first-order valence-electron chi connectivity index (χ1n) is 4.83. The fourth-order valence-electron chi connectivity index (χ4n) is 1.52. The second-order valence-corrected chi connectivity index (χ2v) is 4.19. The highest BCUT2D eigenvalue weighted by molar-refractivity contribution is 7.03. The number of nitrogens with one attached hydrogen (secondary N) is 1. The quantitative estimate of drug-likeness (QED) is 0.746. The van der Waals surface area contributed by atoms with E-state index in [-0.39, 0.29) is 4.80 Å². The summed E-state index contributed by atoms with van der Waals surface area (Å²) in [6, 6.07) is 7.45. The minimum atomic E-state index is 0.169. The van der Waals surface area contributed by atoms with Crippen molar-refractivity contribution < 1.29 is 9.15 Å². The van der Waals surface area contributed by atoms with Crippen molar-refractivity contribution in [3.05, 3.63) is 29.1 Å². The van der Waals surface area contributed by atoms with Crippen molar-refractivity contribution in [1.82, 2.24) is 14.0 Å². The summed E-state index contributed by atoms with van der Waals surface area (Å²) in [6.07, 6.45) is 0. The zero-order valence-corrected chi connectivity index (χ0v) is 9.69. The molecular weight excluding hydrogens is 240 g/mol. The third-order valence-electron chi connectivity index (χ3n) is 2.24. The lowest BCUT2D eigenvalue weighted by atomic mass is 10.2. The van der Waals surface area contributed by atoms with Gasteiger partial charge in [0.15, 0.2) is 0 Å². The molecular formula is C10H8N4O2S. The van der Waals surface area contributed by atoms with Crippen molar-refractivity contribution in [1.29, 1.82) is 5.41 Å². The van der Waals surface area contributed by atoms with Gasteiger partial charge in [0.2, 0.25) is 4.80 Å². The number of nitrogens with zero attached hydrogens (tertiary/aromatic N) is 3. The first-order chi connectivity index (χ1) is 8.28. The molecule has 7 heteroatoms. The van der Waals surface area contributed by atoms with Crippen LogP contribution in [0.15, 0.2) is 28.7 Å². The molecule has 0 aliphatic carbocycles. The minimum absolute atomic E-state index is 0.169. The Hall–Kier alpha value is -2.15. The number of fused-ring (bicyclic) bond motifs is 1. The minimum Gasteiger partial charge on any atom is -0.496 e. The van der Waals surface area contributed by atoms with Crippen molar-refractivity contribution >= 4 is 17.4 Å². The van der Waals surface area contributed by atoms with E-state index in [1.165, 1.54) is 3.90 Å². The summed E-state index contributed by atoms with van der Waals surface area (Å²) in [5, 5.41) is 11.6. The second-order valence-electron chi connectivity index (χ2n) is 3.27. The number of ether oxygens (including phenoxy) is 1. The van der Waals surface area contributed by atoms with Gasteiger partial charge in [0.05, 0.1) is 12.7 Å². The molecule has 0 spiro atoms. The zero-order valence-electron chi connectivity index (χ0n) is 8.88. The van der Waals surface area contributed by atoms with Crippen LogP contribution in [0.1, 0.15) is 0 Å². The first kappa shape index (κ1) is 10.0. The molecule has 3 rings (SSSR count). The highest BCUT2D eigenvalue weighted by Crippen LogP contribution is 2.28. The lowest BCUT2D eigenvalue weighted by Crippen LogP contribution is -1.91. The summed E-state index contributed by atoms with van der Waals surface area (Å²) in [6.45, 7) is 0. The molecule has 1 aromatic carbocycles. The molecule has 86 valence electrons. The maximum absolute atomic E-state index is 7.36. The molecule has 0 atom stereocenters. The molecule has 6 nitrogen and oxygen atoms in total. The number of para-hydroxylation sites is 1. The maximum Gasteiger partial charge on any atom is 0.337 e. The van der Waals surface area contributed by atoms with Gasteiger partial charge in [-0.25, -0.2) is 0 Å². The Morgan fingerprint density at radius 1 is 1.41 bits per heavy atom. The van der Waals surface area contributed by atoms with Gasteiger partial charge in [-0.2, -0.15) is 4.98 Å². The van der Waals surface area contributed by atoms with E-state index < -0.39 is 0 Å². The average Bonchev–Trinajstić information content (AvgIpc) is 2.86. The maximum atomic E-state index is 7.36. The van der Waals surface area contributed by atoms with Crippen molar-refractivity contribution in [2.45, 2.75) is 0 Å². The van der Waals surface area contributed by atoms with Crippen molar-refractivity contribution in [3.63, 3.8) is 0 Å². The first-order valence-corrected chi connectivity index (χ1v) is 5.60. The van der Waals surface area contributed by atoms with Gasteiger partial charge < -0.3 is 9.15 Å². The van der Waals surface area contributed by atoms with Crippen LogP contribution in [-0.4, -0.2) is 21.1 Å². The van der Waals surface area contributed by atoms with Crippen LogP contribution in [0.3, 0.4) is 0 Å². The lowest BCUT2D eigenvalue weighted by Gasteiger charge is -2.02. The van der Waals surface area contributed by atoms with Gasteiger partial charge >= 0.3 is 5.84 Å². The number of hydrogen-bond donors (Lipinski definition) is 1. The van der Waals surface area contributed by atoms with E-state index in [2.05, 4.69) is 10.1 Å². The van der Waals surface area contributed by atoms with Gasteiger partial charge in [0.1, 0.15) is 5.75 Å². The monoisotopic (exact) mass is 248 g/mol. The molecule has 2 aromatic heterocycles. The Bertz CT molecular complexity index is 693. The molecule has 2 heterocycles. The summed E-state index contributed by atoms with van der Waals surface area (Å²) in [5.74, 6) is 1.44. The number of aromatic nitrogens is 3. The van der Waals surface area contributed by atoms with Crippen LogP contribution in [0.2, 0.25) is 0 Å². The zero-order chi connectivity index (χ0) is 11.8. The predicted octanol–water partition coefficient (Wildman–Crippen LogP) is 1.54. The number of benzene rings is 1. The van der Waals surface area contributed by atoms with E-state index in [1.54, 1.807) is 7.11 Å². The van der Waals surface area contributed by atoms with Crippen LogP contribution < -0.4 is 9.54 Å². The van der Waals surface area contributed by atoms with E-state index in [4.69, 9.17) is 14.6 Å². The van der Waals surface area contributed by atoms with Gasteiger partial charge in [-0.05, 0) is 12.1 Å². The Labute approximate surface area is 99.8 Å². The summed E-state index contributed by atoms with van der Waals surface area (Å²) >= 11 is 1.11. The molecule has 1 N–H and O–H groups in total. The van der Waals surface area contributed by atoms with E-state index in [0.29, 0.717) is 17.5 Å². The van der Waals surface area contributed by atoms with Crippen molar-refractivity contribution in [2.75, 3.05) is 7.11 Å². The molecule has 0 aliphatic heterocycles. The van der Waals surface area contributed by atoms with Gasteiger partial charge in [-0.1, -0.05) is 12.1 Å². The predicted molar refractivity (Wildman–Crippen MR) is 61.0 cm³/mol. The normalized spacial score (nSPS) is 10.9. The van der Waals surface area contributed by atoms with Crippen molar-refractivity contribution in [2.24, 2.45) is 0 Å². The SMILES string of the molecule is COc1ccccc1-c1nn2sc(=N)nc2o1. The summed E-state index contributed by atoms with van der Waals surface area (Å²) in [4.78, 5) is 4.06. The molecule has 0 fully saturated rings. The summed E-state index contributed by atoms with van der Waals surface area (Å²) < 4.78 is 12.2. The number of methoxy groups -OCH3 is 1. The molecule has 3 aromatic rings. The van der Waals surface area contributed by atoms with Crippen LogP contribution in [0.5, 0.6) is 5.75 Å². The molecule has 0 unspecified atom stereocenters. The Kier molecular flexibility index (Phi) is 2.19. The standard InChI is InChI=1S/C10H8N4O2S/c1-15-7-5-3-2-4-6(7)8-13-14-10(16-8)12-9(11)17-14/h2-5,11H,1H3. The summed E-state index contributed by atoms with van der Waals surface area (Å²) in [7, 11) is 1.59. The third kappa shape index (κ3) is 1.60. The summed E-state index contributed by atoms with van der Waals surface area (Å²) in [5.41, 5.74) is 0.763. The van der Waals surface area contributed by atoms with E-state index in [0.717, 1.165) is 17.1 Å². The third-order valence-corrected chi connectivity index (χ3v) is 2.92. The molecule has 0 aliphatic rings. The molecule has 0 saturated carbocycles. The van der Waals surface area contributed by atoms with Crippen LogP contribution in [-0.2, 0) is 0 Å². The second kappa shape index (κ2) is 3.70. The Morgan fingerprint density at radius 2 is 2.24 bits per heavy atom. The van der Waals surface area contributed by atoms with Gasteiger partial charge in [0.25, 0.3) is 5.89 Å². The van der Waals surface area contributed by atoms with Gasteiger partial charge in [-0.15, -0.1) is 9.00 Å². The van der Waals surface area contributed by atoms with E-state index in [9.17, 15) is 0 Å². The average molecular weight is 248 g/mol. The van der Waals surface area contributed by atoms with Crippen LogP contribution >= 0.6 is 11.5 Å². The van der Waals surface area contributed by atoms with Crippen molar-refractivity contribution in [3.8, 4) is 17.2 Å². The van der Waals surface area contributed by atoms with Gasteiger partial charge in [0, 0.05) is 11.5 Å². The fraction of sp³-hybridized carbons (Fsp3) is 0.100. The van der Waals surface area contributed by atoms with Crippen LogP contribution in [0.4, 0.5) is 0 Å². The molecule has 0 saturated heterocycles. The number of hydrogen-bond acceptors (Lipinski definition) is 6. The molecule has 17 heavy (non-hydrogen) atoms. The van der Waals surface area contributed by atoms with Gasteiger partial charge in [-0.3, -0.25) is 5.41 Å². The smallest absolute Gasteiger partial charge is 0.337 e. The highest BCUT2D eigenvalue weighted by atomic mass is 32.1. The van der Waals surface area contributed by atoms with E-state index in [1.807, 2.05) is 24.3 Å². The largest absolute Gasteiger partial charge is 0.496 e. The molecule has 0 radical (unpaired) electrons. The lowest BCUT2D eigenvalue weighted by molar-refractivity contribution is 0.414. The topological polar surface area (TPSA) is 76.4 Å². The Morgan fingerprint density at radius 3 is 3.00 bits per heavy atom. The van der Waals surface area contributed by atoms with Crippen LogP contribution in [0, 0.1) is 5.41 Å². The highest BCUT2D eigenvalue weighted by Gasteiger charge is 2.13. The molecule has 0 bridgehead atoms. The van der Waals surface area contributed by atoms with Crippen LogP contribution in [0.25, 0.3) is 17.3 Å². The van der Waals surface area contributed by atoms with E-state index >= 15 is 0 Å². The fourth-order valence-corrected chi connectivity index (χ4v) is 2.07. The molecule has 0 amide bonds. The Balaban J connectivity index is 2.19. The number of rotatable bonds is 2.